The maximum absolute atomic E-state index is 4.56. The van der Waals surface area contributed by atoms with Crippen molar-refractivity contribution in [3.8, 4) is 0 Å². The van der Waals surface area contributed by atoms with Gasteiger partial charge < -0.3 is 5.32 Å². The zero-order chi connectivity index (χ0) is 13.0. The minimum atomic E-state index is 0.402. The largest absolute Gasteiger partial charge is 0.352 e. The molecule has 0 atom stereocenters. The Morgan fingerprint density at radius 3 is 2.39 bits per heavy atom. The number of hydrogen-bond acceptors (Lipinski definition) is 5. The van der Waals surface area contributed by atoms with E-state index in [4.69, 9.17) is 0 Å². The fourth-order valence-corrected chi connectivity index (χ4v) is 3.19. The van der Waals surface area contributed by atoms with Gasteiger partial charge in [0, 0.05) is 11.3 Å². The van der Waals surface area contributed by atoms with E-state index in [1.807, 2.05) is 11.8 Å². The van der Waals surface area contributed by atoms with E-state index in [1.54, 1.807) is 0 Å². The average Bonchev–Trinajstić information content (AvgIpc) is 2.37. The van der Waals surface area contributed by atoms with Crippen LogP contribution >= 0.6 is 11.8 Å². The molecule has 1 aliphatic carbocycles. The molecule has 18 heavy (non-hydrogen) atoms. The predicted octanol–water partition coefficient (Wildman–Crippen LogP) is 2.69. The number of nitrogens with one attached hydrogen (secondary N) is 1. The summed E-state index contributed by atoms with van der Waals surface area (Å²) in [5, 5.41) is 11.8. The van der Waals surface area contributed by atoms with Crippen molar-refractivity contribution in [2.75, 3.05) is 18.1 Å². The molecule has 100 valence electrons. The van der Waals surface area contributed by atoms with Crippen LogP contribution in [0.5, 0.6) is 0 Å². The van der Waals surface area contributed by atoms with Gasteiger partial charge in [0.25, 0.3) is 0 Å². The predicted molar refractivity (Wildman–Crippen MR) is 77.2 cm³/mol. The van der Waals surface area contributed by atoms with Crippen LogP contribution in [0.3, 0.4) is 0 Å². The van der Waals surface area contributed by atoms with Crippen LogP contribution in [0.1, 0.15) is 44.5 Å². The summed E-state index contributed by atoms with van der Waals surface area (Å²) in [5.74, 6) is 0.685. The third-order valence-electron chi connectivity index (χ3n) is 3.78. The van der Waals surface area contributed by atoms with E-state index in [1.165, 1.54) is 19.3 Å². The fraction of sp³-hybridized carbons (Fsp3) is 0.769. The van der Waals surface area contributed by atoms with Gasteiger partial charge >= 0.3 is 0 Å². The van der Waals surface area contributed by atoms with Gasteiger partial charge in [0.05, 0.1) is 11.4 Å². The molecule has 4 nitrogen and oxygen atoms in total. The molecule has 1 saturated carbocycles. The van der Waals surface area contributed by atoms with Gasteiger partial charge in [-0.3, -0.25) is 0 Å². The molecule has 0 unspecified atom stereocenters. The summed E-state index contributed by atoms with van der Waals surface area (Å²) in [6, 6.07) is 0. The van der Waals surface area contributed by atoms with Gasteiger partial charge in [-0.2, -0.15) is 16.9 Å². The number of nitrogens with zero attached hydrogens (tertiary/aromatic N) is 3. The highest BCUT2D eigenvalue weighted by Gasteiger charge is 2.36. The third-order valence-corrected chi connectivity index (χ3v) is 5.19. The molecule has 0 saturated heterocycles. The van der Waals surface area contributed by atoms with Gasteiger partial charge in [0.1, 0.15) is 0 Å². The Labute approximate surface area is 113 Å². The molecular formula is C13H22N4S. The molecule has 1 aliphatic rings. The molecule has 1 N–H and O–H groups in total. The highest BCUT2D eigenvalue weighted by atomic mass is 32.2. The molecule has 1 aromatic rings. The van der Waals surface area contributed by atoms with Gasteiger partial charge in [-0.1, -0.05) is 20.3 Å². The summed E-state index contributed by atoms with van der Waals surface area (Å²) >= 11 is 1.96. The summed E-state index contributed by atoms with van der Waals surface area (Å²) in [5.41, 5.74) is 2.09. The molecule has 0 amide bonds. The van der Waals surface area contributed by atoms with E-state index in [9.17, 15) is 0 Å². The summed E-state index contributed by atoms with van der Waals surface area (Å²) < 4.78 is 0.402. The van der Waals surface area contributed by atoms with E-state index in [0.29, 0.717) is 10.7 Å². The Kier molecular flexibility index (Phi) is 4.43. The quantitative estimate of drug-likeness (QED) is 0.858. The van der Waals surface area contributed by atoms with Crippen molar-refractivity contribution in [2.45, 2.75) is 50.7 Å². The monoisotopic (exact) mass is 266 g/mol. The van der Waals surface area contributed by atoms with Gasteiger partial charge in [-0.05, 0) is 31.9 Å². The Balaban J connectivity index is 2.01. The second-order valence-electron chi connectivity index (χ2n) is 4.83. The van der Waals surface area contributed by atoms with Crippen molar-refractivity contribution in [3.05, 3.63) is 11.4 Å². The van der Waals surface area contributed by atoms with Crippen molar-refractivity contribution in [1.29, 1.82) is 0 Å². The SMILES string of the molecule is CCc1nnc(NCC2(SC)CCC2)nc1CC. The molecule has 1 heterocycles. The van der Waals surface area contributed by atoms with E-state index in [-0.39, 0.29) is 0 Å². The van der Waals surface area contributed by atoms with Crippen LogP contribution in [-0.4, -0.2) is 32.7 Å². The highest BCUT2D eigenvalue weighted by Crippen LogP contribution is 2.42. The van der Waals surface area contributed by atoms with Crippen LogP contribution < -0.4 is 5.32 Å². The van der Waals surface area contributed by atoms with Gasteiger partial charge in [0.15, 0.2) is 0 Å². The maximum atomic E-state index is 4.56. The second kappa shape index (κ2) is 5.87. The smallest absolute Gasteiger partial charge is 0.243 e. The first-order valence-electron chi connectivity index (χ1n) is 6.74. The highest BCUT2D eigenvalue weighted by molar-refractivity contribution is 8.00. The zero-order valence-corrected chi connectivity index (χ0v) is 12.3. The Bertz CT molecular complexity index is 398. The third kappa shape index (κ3) is 2.76. The summed E-state index contributed by atoms with van der Waals surface area (Å²) in [6.45, 7) is 5.15. The molecule has 0 spiro atoms. The minimum Gasteiger partial charge on any atom is -0.352 e. The lowest BCUT2D eigenvalue weighted by molar-refractivity contribution is 0.379. The molecule has 0 radical (unpaired) electrons. The van der Waals surface area contributed by atoms with Crippen LogP contribution in [0.25, 0.3) is 0 Å². The zero-order valence-electron chi connectivity index (χ0n) is 11.5. The lowest BCUT2D eigenvalue weighted by Crippen LogP contribution is -2.40. The molecule has 0 bridgehead atoms. The van der Waals surface area contributed by atoms with Gasteiger partial charge in [-0.25, -0.2) is 4.98 Å². The summed E-state index contributed by atoms with van der Waals surface area (Å²) in [4.78, 5) is 4.56. The molecule has 1 fully saturated rings. The standard InChI is InChI=1S/C13H22N4S/c1-4-10-11(5-2)16-17-12(15-10)14-9-13(18-3)7-6-8-13/h4-9H2,1-3H3,(H,14,15,17). The second-order valence-corrected chi connectivity index (χ2v) is 6.10. The van der Waals surface area contributed by atoms with E-state index >= 15 is 0 Å². The lowest BCUT2D eigenvalue weighted by atomic mass is 9.84. The number of aromatic nitrogens is 3. The topological polar surface area (TPSA) is 50.7 Å². The van der Waals surface area contributed by atoms with Crippen molar-refractivity contribution in [3.63, 3.8) is 0 Å². The van der Waals surface area contributed by atoms with Crippen LogP contribution in [0, 0.1) is 0 Å². The van der Waals surface area contributed by atoms with E-state index < -0.39 is 0 Å². The Morgan fingerprint density at radius 1 is 1.17 bits per heavy atom. The molecule has 0 aliphatic heterocycles. The number of thioether (sulfide) groups is 1. The van der Waals surface area contributed by atoms with Crippen molar-refractivity contribution in [1.82, 2.24) is 15.2 Å². The molecule has 2 rings (SSSR count). The first-order chi connectivity index (χ1) is 8.73. The number of aryl methyl sites for hydroxylation is 2. The van der Waals surface area contributed by atoms with Crippen LogP contribution in [-0.2, 0) is 12.8 Å². The average molecular weight is 266 g/mol. The Morgan fingerprint density at radius 2 is 1.89 bits per heavy atom. The normalized spacial score (nSPS) is 17.3. The first kappa shape index (κ1) is 13.6. The van der Waals surface area contributed by atoms with E-state index in [0.717, 1.165) is 30.8 Å². The number of rotatable bonds is 6. The number of hydrogen-bond donors (Lipinski definition) is 1. The fourth-order valence-electron chi connectivity index (χ4n) is 2.28. The first-order valence-corrected chi connectivity index (χ1v) is 7.97. The molecular weight excluding hydrogens is 244 g/mol. The van der Waals surface area contributed by atoms with E-state index in [2.05, 4.69) is 40.6 Å². The maximum Gasteiger partial charge on any atom is 0.243 e. The minimum absolute atomic E-state index is 0.402. The van der Waals surface area contributed by atoms with Gasteiger partial charge in [0.2, 0.25) is 5.95 Å². The number of anilines is 1. The lowest BCUT2D eigenvalue weighted by Gasteiger charge is -2.40. The molecule has 1 aromatic heterocycles. The molecule has 0 aromatic carbocycles. The van der Waals surface area contributed by atoms with Crippen molar-refractivity contribution in [2.24, 2.45) is 0 Å². The Hall–Kier alpha value is -0.840. The summed E-state index contributed by atoms with van der Waals surface area (Å²) in [7, 11) is 0. The van der Waals surface area contributed by atoms with Crippen molar-refractivity contribution >= 4 is 17.7 Å². The van der Waals surface area contributed by atoms with Crippen molar-refractivity contribution < 1.29 is 0 Å². The molecule has 5 heteroatoms. The summed E-state index contributed by atoms with van der Waals surface area (Å²) in [6.07, 6.45) is 7.94. The van der Waals surface area contributed by atoms with Crippen LogP contribution in [0.2, 0.25) is 0 Å². The van der Waals surface area contributed by atoms with Crippen LogP contribution in [0.15, 0.2) is 0 Å². The van der Waals surface area contributed by atoms with Gasteiger partial charge in [-0.15, -0.1) is 5.10 Å². The van der Waals surface area contributed by atoms with Crippen LogP contribution in [0.4, 0.5) is 5.95 Å².